The van der Waals surface area contributed by atoms with Gasteiger partial charge in [0, 0.05) is 20.2 Å². The van der Waals surface area contributed by atoms with Crippen LogP contribution >= 0.6 is 0 Å². The molecule has 3 nitrogen and oxygen atoms in total. The lowest BCUT2D eigenvalue weighted by atomic mass is 10.2. The number of aliphatic hydroxyl groups excluding tert-OH is 1. The van der Waals surface area contributed by atoms with Crippen LogP contribution in [0, 0.1) is 12.3 Å². The Labute approximate surface area is 79.7 Å². The number of carbonyl (C=O) groups excluding carboxylic acids is 1. The van der Waals surface area contributed by atoms with Crippen LogP contribution in [0.5, 0.6) is 0 Å². The molecule has 0 aliphatic carbocycles. The summed E-state index contributed by atoms with van der Waals surface area (Å²) in [6.45, 7) is 0.947. The van der Waals surface area contributed by atoms with E-state index in [4.69, 9.17) is 11.5 Å². The summed E-state index contributed by atoms with van der Waals surface area (Å²) in [7, 11) is 1.75. The Bertz CT molecular complexity index is 184. The van der Waals surface area contributed by atoms with Gasteiger partial charge >= 0.3 is 0 Å². The molecule has 0 saturated heterocycles. The van der Waals surface area contributed by atoms with Crippen molar-refractivity contribution >= 4 is 5.91 Å². The van der Waals surface area contributed by atoms with Gasteiger partial charge in [0.25, 0.3) is 0 Å². The fraction of sp³-hybridized carbons (Fsp3) is 0.700. The normalized spacial score (nSPS) is 9.31. The Balaban J connectivity index is 3.45. The van der Waals surface area contributed by atoms with Crippen molar-refractivity contribution in [3.05, 3.63) is 0 Å². The summed E-state index contributed by atoms with van der Waals surface area (Å²) in [5, 5.41) is 8.52. The highest BCUT2D eigenvalue weighted by atomic mass is 16.2. The fourth-order valence-corrected chi connectivity index (χ4v) is 0.985. The molecule has 3 heteroatoms. The molecule has 74 valence electrons. The molecule has 0 aliphatic heterocycles. The number of nitrogens with zero attached hydrogens (tertiary/aromatic N) is 1. The van der Waals surface area contributed by atoms with Crippen molar-refractivity contribution in [1.82, 2.24) is 4.90 Å². The van der Waals surface area contributed by atoms with Gasteiger partial charge in [-0.05, 0) is 19.3 Å². The van der Waals surface area contributed by atoms with Gasteiger partial charge in [0.2, 0.25) is 5.91 Å². The molecule has 0 radical (unpaired) electrons. The van der Waals surface area contributed by atoms with Crippen molar-refractivity contribution in [3.8, 4) is 12.3 Å². The molecule has 1 N–H and O–H groups in total. The molecule has 0 fully saturated rings. The lowest BCUT2D eigenvalue weighted by Crippen LogP contribution is -2.27. The zero-order valence-electron chi connectivity index (χ0n) is 8.12. The number of rotatable bonds is 6. The van der Waals surface area contributed by atoms with Crippen LogP contribution < -0.4 is 0 Å². The first kappa shape index (κ1) is 12.0. The molecule has 0 saturated carbocycles. The van der Waals surface area contributed by atoms with Crippen LogP contribution in [0.1, 0.15) is 25.7 Å². The smallest absolute Gasteiger partial charge is 0.234 e. The Morgan fingerprint density at radius 3 is 2.69 bits per heavy atom. The van der Waals surface area contributed by atoms with E-state index in [9.17, 15) is 4.79 Å². The van der Waals surface area contributed by atoms with Crippen molar-refractivity contribution < 1.29 is 9.90 Å². The maximum absolute atomic E-state index is 11.1. The van der Waals surface area contributed by atoms with Crippen molar-refractivity contribution in [2.24, 2.45) is 0 Å². The van der Waals surface area contributed by atoms with E-state index in [-0.39, 0.29) is 18.9 Å². The summed E-state index contributed by atoms with van der Waals surface area (Å²) in [5.74, 6) is 2.31. The number of aliphatic hydroxyl groups is 1. The molecule has 0 bridgehead atoms. The number of amides is 1. The van der Waals surface area contributed by atoms with Crippen LogP contribution in [0.2, 0.25) is 0 Å². The lowest BCUT2D eigenvalue weighted by Gasteiger charge is -2.15. The number of hydrogen-bond donors (Lipinski definition) is 1. The van der Waals surface area contributed by atoms with E-state index in [1.54, 1.807) is 11.9 Å². The molecule has 13 heavy (non-hydrogen) atoms. The zero-order valence-corrected chi connectivity index (χ0v) is 8.12. The average molecular weight is 183 g/mol. The fourth-order valence-electron chi connectivity index (χ4n) is 0.985. The molecule has 0 aromatic carbocycles. The Kier molecular flexibility index (Phi) is 7.04. The van der Waals surface area contributed by atoms with Gasteiger partial charge < -0.3 is 10.0 Å². The van der Waals surface area contributed by atoms with Gasteiger partial charge in [0.15, 0.2) is 0 Å². The minimum absolute atomic E-state index is 0.00787. The summed E-state index contributed by atoms with van der Waals surface area (Å²) in [6.07, 6.45) is 7.87. The second kappa shape index (κ2) is 7.63. The molecule has 0 aliphatic rings. The third-order valence-corrected chi connectivity index (χ3v) is 1.83. The SMILES string of the molecule is C#CCC(=O)N(C)CCCCCO. The van der Waals surface area contributed by atoms with E-state index in [0.29, 0.717) is 0 Å². The third kappa shape index (κ3) is 6.18. The molecular weight excluding hydrogens is 166 g/mol. The summed E-state index contributed by atoms with van der Waals surface area (Å²) >= 11 is 0. The van der Waals surface area contributed by atoms with Crippen LogP contribution in [0.25, 0.3) is 0 Å². The zero-order chi connectivity index (χ0) is 10.1. The highest BCUT2D eigenvalue weighted by Crippen LogP contribution is 1.98. The molecule has 0 spiro atoms. The monoisotopic (exact) mass is 183 g/mol. The van der Waals surface area contributed by atoms with Crippen LogP contribution in [0.3, 0.4) is 0 Å². The van der Waals surface area contributed by atoms with Gasteiger partial charge in [-0.25, -0.2) is 0 Å². The molecule has 0 aromatic heterocycles. The summed E-state index contributed by atoms with van der Waals surface area (Å²) in [5.41, 5.74) is 0. The number of hydrogen-bond acceptors (Lipinski definition) is 2. The molecule has 0 aromatic rings. The second-order valence-corrected chi connectivity index (χ2v) is 2.98. The molecule has 0 rings (SSSR count). The minimum atomic E-state index is -0.00787. The van der Waals surface area contributed by atoms with Gasteiger partial charge in [0.1, 0.15) is 0 Å². The summed E-state index contributed by atoms with van der Waals surface area (Å²) < 4.78 is 0. The first-order chi connectivity index (χ1) is 6.22. The second-order valence-electron chi connectivity index (χ2n) is 2.98. The maximum atomic E-state index is 11.1. The first-order valence-electron chi connectivity index (χ1n) is 4.50. The number of carbonyl (C=O) groups is 1. The van der Waals surface area contributed by atoms with Gasteiger partial charge in [-0.3, -0.25) is 4.79 Å². The predicted octanol–water partition coefficient (Wildman–Crippen LogP) is 0.631. The molecule has 0 heterocycles. The van der Waals surface area contributed by atoms with Crippen molar-refractivity contribution in [2.45, 2.75) is 25.7 Å². The average Bonchev–Trinajstić information content (AvgIpc) is 2.12. The number of unbranched alkanes of at least 4 members (excludes halogenated alkanes) is 2. The van der Waals surface area contributed by atoms with E-state index >= 15 is 0 Å². The van der Waals surface area contributed by atoms with Gasteiger partial charge in [-0.2, -0.15) is 0 Å². The largest absolute Gasteiger partial charge is 0.396 e. The molecule has 1 amide bonds. The highest BCUT2D eigenvalue weighted by Gasteiger charge is 2.05. The molecule has 0 atom stereocenters. The predicted molar refractivity (Wildman–Crippen MR) is 52.0 cm³/mol. The summed E-state index contributed by atoms with van der Waals surface area (Å²) in [4.78, 5) is 12.8. The van der Waals surface area contributed by atoms with E-state index in [1.807, 2.05) is 0 Å². The lowest BCUT2D eigenvalue weighted by molar-refractivity contribution is -0.128. The van der Waals surface area contributed by atoms with Crippen LogP contribution in [0.15, 0.2) is 0 Å². The van der Waals surface area contributed by atoms with Gasteiger partial charge in [-0.15, -0.1) is 6.42 Å². The van der Waals surface area contributed by atoms with Crippen LogP contribution in [-0.2, 0) is 4.79 Å². The maximum Gasteiger partial charge on any atom is 0.234 e. The van der Waals surface area contributed by atoms with E-state index < -0.39 is 0 Å². The molecule has 0 unspecified atom stereocenters. The first-order valence-corrected chi connectivity index (χ1v) is 4.50. The minimum Gasteiger partial charge on any atom is -0.396 e. The molecular formula is C10H17NO2. The Morgan fingerprint density at radius 2 is 2.15 bits per heavy atom. The van der Waals surface area contributed by atoms with Crippen molar-refractivity contribution in [2.75, 3.05) is 20.2 Å². The van der Waals surface area contributed by atoms with Crippen LogP contribution in [-0.4, -0.2) is 36.1 Å². The highest BCUT2D eigenvalue weighted by molar-refractivity contribution is 5.78. The topological polar surface area (TPSA) is 40.5 Å². The van der Waals surface area contributed by atoms with Gasteiger partial charge in [0.05, 0.1) is 6.42 Å². The van der Waals surface area contributed by atoms with E-state index in [2.05, 4.69) is 5.92 Å². The summed E-state index contributed by atoms with van der Waals surface area (Å²) in [6, 6.07) is 0. The standard InChI is InChI=1S/C10H17NO2/c1-3-7-10(13)11(2)8-5-4-6-9-12/h1,12H,4-9H2,2H3. The third-order valence-electron chi connectivity index (χ3n) is 1.83. The van der Waals surface area contributed by atoms with Crippen molar-refractivity contribution in [1.29, 1.82) is 0 Å². The van der Waals surface area contributed by atoms with E-state index in [1.165, 1.54) is 0 Å². The quantitative estimate of drug-likeness (QED) is 0.484. The number of terminal acetylenes is 1. The van der Waals surface area contributed by atoms with E-state index in [0.717, 1.165) is 25.8 Å². The Hall–Kier alpha value is -1.01. The van der Waals surface area contributed by atoms with Gasteiger partial charge in [-0.1, -0.05) is 5.92 Å². The van der Waals surface area contributed by atoms with Crippen LogP contribution in [0.4, 0.5) is 0 Å². The Morgan fingerprint density at radius 1 is 1.46 bits per heavy atom. The van der Waals surface area contributed by atoms with Crippen molar-refractivity contribution in [3.63, 3.8) is 0 Å².